The van der Waals surface area contributed by atoms with Gasteiger partial charge in [-0.15, -0.1) is 0 Å². The molecule has 1 aliphatic carbocycles. The molecule has 0 aromatic carbocycles. The smallest absolute Gasteiger partial charge is 0.325 e. The summed E-state index contributed by atoms with van der Waals surface area (Å²) < 4.78 is 0. The largest absolute Gasteiger partial charge is 0.480 e. The van der Waals surface area contributed by atoms with Crippen LogP contribution in [0, 0.1) is 11.8 Å². The fourth-order valence-corrected chi connectivity index (χ4v) is 2.54. The average Bonchev–Trinajstić information content (AvgIpc) is 2.39. The zero-order chi connectivity index (χ0) is 12.8. The Bertz CT molecular complexity index is 385. The van der Waals surface area contributed by atoms with E-state index in [1.807, 2.05) is 0 Å². The van der Waals surface area contributed by atoms with Gasteiger partial charge in [0.2, 0.25) is 0 Å². The number of carbonyl (C=O) groups is 3. The molecule has 1 aliphatic heterocycles. The second kappa shape index (κ2) is 3.72. The van der Waals surface area contributed by atoms with E-state index in [9.17, 15) is 14.4 Å². The molecule has 6 nitrogen and oxygen atoms in total. The summed E-state index contributed by atoms with van der Waals surface area (Å²) in [5.74, 6) is -0.671. The van der Waals surface area contributed by atoms with Gasteiger partial charge in [-0.3, -0.25) is 14.5 Å². The van der Waals surface area contributed by atoms with E-state index in [1.54, 1.807) is 0 Å². The van der Waals surface area contributed by atoms with Crippen LogP contribution in [0.2, 0.25) is 0 Å². The third-order valence-corrected chi connectivity index (χ3v) is 3.70. The number of aliphatic carboxylic acids is 1. The number of carboxylic acids is 1. The Hall–Kier alpha value is -1.59. The summed E-state index contributed by atoms with van der Waals surface area (Å²) in [5, 5.41) is 11.3. The van der Waals surface area contributed by atoms with Crippen molar-refractivity contribution >= 4 is 17.9 Å². The molecule has 0 aromatic heterocycles. The van der Waals surface area contributed by atoms with E-state index in [2.05, 4.69) is 19.2 Å². The second-order valence-electron chi connectivity index (χ2n) is 5.21. The van der Waals surface area contributed by atoms with Gasteiger partial charge in [-0.05, 0) is 24.7 Å². The van der Waals surface area contributed by atoms with Crippen LogP contribution >= 0.6 is 0 Å². The average molecular weight is 240 g/mol. The quantitative estimate of drug-likeness (QED) is 0.700. The number of imide groups is 1. The molecule has 1 saturated carbocycles. The number of hydrogen-bond donors (Lipinski definition) is 2. The molecule has 0 unspecified atom stereocenters. The fraction of sp³-hybridized carbons (Fsp3) is 0.727. The van der Waals surface area contributed by atoms with Crippen molar-refractivity contribution in [3.8, 4) is 0 Å². The van der Waals surface area contributed by atoms with Crippen LogP contribution in [0.5, 0.6) is 0 Å². The number of urea groups is 1. The molecule has 94 valence electrons. The monoisotopic (exact) mass is 240 g/mol. The maximum atomic E-state index is 12.0. The topological polar surface area (TPSA) is 86.7 Å². The molecule has 6 heteroatoms. The van der Waals surface area contributed by atoms with E-state index in [1.165, 1.54) is 0 Å². The summed E-state index contributed by atoms with van der Waals surface area (Å²) in [7, 11) is 0. The highest BCUT2D eigenvalue weighted by atomic mass is 16.4. The van der Waals surface area contributed by atoms with Gasteiger partial charge in [0, 0.05) is 0 Å². The third-order valence-electron chi connectivity index (χ3n) is 3.70. The highest BCUT2D eigenvalue weighted by molar-refractivity contribution is 6.09. The molecule has 1 heterocycles. The van der Waals surface area contributed by atoms with Crippen LogP contribution in [-0.2, 0) is 9.59 Å². The van der Waals surface area contributed by atoms with Gasteiger partial charge < -0.3 is 10.4 Å². The highest BCUT2D eigenvalue weighted by Gasteiger charge is 2.59. The van der Waals surface area contributed by atoms with Crippen LogP contribution < -0.4 is 5.32 Å². The summed E-state index contributed by atoms with van der Waals surface area (Å²) in [6, 6.07) is -0.584. The van der Waals surface area contributed by atoms with Gasteiger partial charge in [-0.1, -0.05) is 13.8 Å². The number of carbonyl (C=O) groups excluding carboxylic acids is 2. The summed E-state index contributed by atoms with van der Waals surface area (Å²) in [6.07, 6.45) is 1.23. The first-order valence-corrected chi connectivity index (χ1v) is 5.71. The first-order valence-electron chi connectivity index (χ1n) is 5.71. The molecule has 2 aliphatic rings. The van der Waals surface area contributed by atoms with Crippen LogP contribution in [0.15, 0.2) is 0 Å². The summed E-state index contributed by atoms with van der Waals surface area (Å²) in [4.78, 5) is 34.9. The molecule has 17 heavy (non-hydrogen) atoms. The highest BCUT2D eigenvalue weighted by Crippen LogP contribution is 2.45. The van der Waals surface area contributed by atoms with Gasteiger partial charge in [-0.25, -0.2) is 4.79 Å². The molecule has 2 N–H and O–H groups in total. The predicted octanol–water partition coefficient (Wildman–Crippen LogP) is 0.428. The van der Waals surface area contributed by atoms with Gasteiger partial charge in [0.05, 0.1) is 0 Å². The van der Waals surface area contributed by atoms with Crippen molar-refractivity contribution in [2.45, 2.75) is 32.2 Å². The minimum Gasteiger partial charge on any atom is -0.480 e. The number of nitrogens with one attached hydrogen (secondary N) is 1. The lowest BCUT2D eigenvalue weighted by Gasteiger charge is -2.44. The van der Waals surface area contributed by atoms with Gasteiger partial charge in [0.15, 0.2) is 0 Å². The van der Waals surface area contributed by atoms with Crippen LogP contribution in [0.4, 0.5) is 4.79 Å². The number of amides is 3. The summed E-state index contributed by atoms with van der Waals surface area (Å²) in [6.45, 7) is 3.60. The summed E-state index contributed by atoms with van der Waals surface area (Å²) >= 11 is 0. The molecule has 3 amide bonds. The van der Waals surface area contributed by atoms with Crippen molar-refractivity contribution in [3.63, 3.8) is 0 Å². The van der Waals surface area contributed by atoms with E-state index >= 15 is 0 Å². The SMILES string of the molecule is CC(C)C1CC2(C1)NC(=O)N(CC(=O)O)C2=O. The second-order valence-corrected chi connectivity index (χ2v) is 5.21. The number of carboxylic acid groups (broad SMARTS) is 1. The number of nitrogens with zero attached hydrogens (tertiary/aromatic N) is 1. The van der Waals surface area contributed by atoms with Crippen molar-refractivity contribution < 1.29 is 19.5 Å². The Morgan fingerprint density at radius 2 is 2.12 bits per heavy atom. The van der Waals surface area contributed by atoms with Gasteiger partial charge in [-0.2, -0.15) is 0 Å². The van der Waals surface area contributed by atoms with Crippen LogP contribution in [0.3, 0.4) is 0 Å². The number of rotatable bonds is 3. The molecule has 1 spiro atoms. The van der Waals surface area contributed by atoms with Gasteiger partial charge in [0.25, 0.3) is 5.91 Å². The zero-order valence-corrected chi connectivity index (χ0v) is 9.90. The van der Waals surface area contributed by atoms with Crippen LogP contribution in [0.25, 0.3) is 0 Å². The third kappa shape index (κ3) is 1.77. The normalized spacial score (nSPS) is 31.9. The van der Waals surface area contributed by atoms with Crippen molar-refractivity contribution in [1.29, 1.82) is 0 Å². The molecule has 0 atom stereocenters. The minimum atomic E-state index is -1.18. The molecule has 2 rings (SSSR count). The molecule has 2 fully saturated rings. The van der Waals surface area contributed by atoms with E-state index in [0.717, 1.165) is 4.90 Å². The van der Waals surface area contributed by atoms with E-state index in [4.69, 9.17) is 5.11 Å². The maximum absolute atomic E-state index is 12.0. The van der Waals surface area contributed by atoms with E-state index in [-0.39, 0.29) is 5.91 Å². The first-order chi connectivity index (χ1) is 7.85. The predicted molar refractivity (Wildman–Crippen MR) is 58.2 cm³/mol. The van der Waals surface area contributed by atoms with Crippen molar-refractivity contribution in [1.82, 2.24) is 10.2 Å². The van der Waals surface area contributed by atoms with Crippen LogP contribution in [0.1, 0.15) is 26.7 Å². The standard InChI is InChI=1S/C11H16N2O4/c1-6(2)7-3-11(4-7)9(16)13(5-8(14)15)10(17)12-11/h6-7H,3-5H2,1-2H3,(H,12,17)(H,14,15). The Morgan fingerprint density at radius 3 is 2.59 bits per heavy atom. The Labute approximate surface area is 99.0 Å². The Balaban J connectivity index is 2.07. The van der Waals surface area contributed by atoms with E-state index in [0.29, 0.717) is 24.7 Å². The fourth-order valence-electron chi connectivity index (χ4n) is 2.54. The van der Waals surface area contributed by atoms with Crippen molar-refractivity contribution in [2.75, 3.05) is 6.54 Å². The Kier molecular flexibility index (Phi) is 2.60. The molecular formula is C11H16N2O4. The van der Waals surface area contributed by atoms with Crippen LogP contribution in [-0.4, -0.2) is 40.0 Å². The number of hydrogen-bond acceptors (Lipinski definition) is 3. The van der Waals surface area contributed by atoms with Gasteiger partial charge >= 0.3 is 12.0 Å². The molecule has 0 radical (unpaired) electrons. The molecule has 0 aromatic rings. The molecule has 0 bridgehead atoms. The Morgan fingerprint density at radius 1 is 1.53 bits per heavy atom. The lowest BCUT2D eigenvalue weighted by molar-refractivity contribution is -0.145. The molecular weight excluding hydrogens is 224 g/mol. The first kappa shape index (κ1) is 11.9. The zero-order valence-electron chi connectivity index (χ0n) is 9.90. The molecule has 1 saturated heterocycles. The summed E-state index contributed by atoms with van der Waals surface area (Å²) in [5.41, 5.74) is -0.818. The maximum Gasteiger partial charge on any atom is 0.325 e. The lowest BCUT2D eigenvalue weighted by atomic mass is 9.64. The minimum absolute atomic E-state index is 0.387. The van der Waals surface area contributed by atoms with Gasteiger partial charge in [0.1, 0.15) is 12.1 Å². The van der Waals surface area contributed by atoms with E-state index < -0.39 is 24.1 Å². The van der Waals surface area contributed by atoms with Crippen molar-refractivity contribution in [2.24, 2.45) is 11.8 Å². The van der Waals surface area contributed by atoms with Crippen molar-refractivity contribution in [3.05, 3.63) is 0 Å². The lowest BCUT2D eigenvalue weighted by Crippen LogP contribution is -2.58.